The molecule has 0 saturated carbocycles. The van der Waals surface area contributed by atoms with E-state index in [1.165, 1.54) is 27.5 Å². The molecule has 8 heteroatoms. The molecule has 0 aliphatic rings. The molecule has 0 heterocycles. The molecule has 2 rings (SSSR count). The van der Waals surface area contributed by atoms with Crippen molar-refractivity contribution in [3.63, 3.8) is 0 Å². The summed E-state index contributed by atoms with van der Waals surface area (Å²) in [6.45, 7) is -0.218. The Morgan fingerprint density at radius 3 is 2.42 bits per heavy atom. The summed E-state index contributed by atoms with van der Waals surface area (Å²) in [5.74, 6) is 1.40. The van der Waals surface area contributed by atoms with Crippen molar-refractivity contribution in [2.24, 2.45) is 5.10 Å². The first-order chi connectivity index (χ1) is 12.6. The number of nitrogens with one attached hydrogen (secondary N) is 1. The largest absolute Gasteiger partial charge is 0.493 e. The Morgan fingerprint density at radius 2 is 1.77 bits per heavy atom. The highest BCUT2D eigenvalue weighted by Crippen LogP contribution is 2.38. The number of methoxy groups -OCH3 is 3. The molecule has 1 amide bonds. The first-order valence-electron chi connectivity index (χ1n) is 7.59. The summed E-state index contributed by atoms with van der Waals surface area (Å²) in [5, 5.41) is 4.33. The average molecular weight is 379 g/mol. The number of hydrogen-bond donors (Lipinski definition) is 1. The van der Waals surface area contributed by atoms with Crippen LogP contribution >= 0.6 is 11.6 Å². The van der Waals surface area contributed by atoms with Crippen LogP contribution in [0.2, 0.25) is 5.02 Å². The number of nitrogens with zero attached hydrogens (tertiary/aromatic N) is 1. The minimum absolute atomic E-state index is 0.218. The van der Waals surface area contributed by atoms with E-state index in [2.05, 4.69) is 10.5 Å². The van der Waals surface area contributed by atoms with Gasteiger partial charge in [0.2, 0.25) is 5.75 Å². The van der Waals surface area contributed by atoms with Gasteiger partial charge in [-0.2, -0.15) is 5.10 Å². The second-order valence-electron chi connectivity index (χ2n) is 4.94. The minimum atomic E-state index is -0.430. The Labute approximate surface area is 156 Å². The van der Waals surface area contributed by atoms with Crippen LogP contribution in [0.3, 0.4) is 0 Å². The Morgan fingerprint density at radius 1 is 1.04 bits per heavy atom. The van der Waals surface area contributed by atoms with Gasteiger partial charge in [0, 0.05) is 5.56 Å². The van der Waals surface area contributed by atoms with E-state index in [9.17, 15) is 4.79 Å². The van der Waals surface area contributed by atoms with Crippen molar-refractivity contribution in [1.29, 1.82) is 0 Å². The van der Waals surface area contributed by atoms with Crippen molar-refractivity contribution in [1.82, 2.24) is 5.43 Å². The second-order valence-corrected chi connectivity index (χ2v) is 5.34. The SMILES string of the molecule is COc1ccc(/C=N/NC(=O)COc2ccccc2Cl)c(OC)c1OC. The molecular formula is C18H19ClN2O5. The maximum atomic E-state index is 11.8. The first-order valence-corrected chi connectivity index (χ1v) is 7.96. The van der Waals surface area contributed by atoms with E-state index in [0.717, 1.165) is 0 Å². The van der Waals surface area contributed by atoms with Crippen molar-refractivity contribution < 1.29 is 23.7 Å². The maximum Gasteiger partial charge on any atom is 0.277 e. The third-order valence-electron chi connectivity index (χ3n) is 3.32. The van der Waals surface area contributed by atoms with Gasteiger partial charge in [-0.1, -0.05) is 23.7 Å². The van der Waals surface area contributed by atoms with Crippen LogP contribution < -0.4 is 24.4 Å². The van der Waals surface area contributed by atoms with Crippen LogP contribution in [-0.2, 0) is 4.79 Å². The van der Waals surface area contributed by atoms with Gasteiger partial charge < -0.3 is 18.9 Å². The fraction of sp³-hybridized carbons (Fsp3) is 0.222. The highest BCUT2D eigenvalue weighted by Gasteiger charge is 2.14. The lowest BCUT2D eigenvalue weighted by Gasteiger charge is -2.13. The summed E-state index contributed by atoms with van der Waals surface area (Å²) < 4.78 is 21.2. The Bertz CT molecular complexity index is 795. The molecule has 138 valence electrons. The molecule has 0 aromatic heterocycles. The number of hydrazone groups is 1. The summed E-state index contributed by atoms with van der Waals surface area (Å²) in [6, 6.07) is 10.3. The molecule has 0 radical (unpaired) electrons. The number of halogens is 1. The Balaban J connectivity index is 1.99. The number of para-hydroxylation sites is 1. The van der Waals surface area contributed by atoms with Crippen LogP contribution in [0.15, 0.2) is 41.5 Å². The molecule has 0 aliphatic carbocycles. The number of carbonyl (C=O) groups excluding carboxylic acids is 1. The predicted molar refractivity (Wildman–Crippen MR) is 98.8 cm³/mol. The second kappa shape index (κ2) is 9.53. The zero-order chi connectivity index (χ0) is 18.9. The maximum absolute atomic E-state index is 11.8. The number of amides is 1. The Kier molecular flexibility index (Phi) is 7.11. The smallest absolute Gasteiger partial charge is 0.277 e. The third-order valence-corrected chi connectivity index (χ3v) is 3.64. The Hall–Kier alpha value is -2.93. The van der Waals surface area contributed by atoms with E-state index in [0.29, 0.717) is 33.6 Å². The number of rotatable bonds is 8. The molecular weight excluding hydrogens is 360 g/mol. The topological polar surface area (TPSA) is 78.4 Å². The molecule has 26 heavy (non-hydrogen) atoms. The van der Waals surface area contributed by atoms with Gasteiger partial charge in [0.25, 0.3) is 5.91 Å². The summed E-state index contributed by atoms with van der Waals surface area (Å²) in [5.41, 5.74) is 2.98. The average Bonchev–Trinajstić information content (AvgIpc) is 2.66. The molecule has 0 spiro atoms. The van der Waals surface area contributed by atoms with E-state index in [-0.39, 0.29) is 6.61 Å². The molecule has 7 nitrogen and oxygen atoms in total. The van der Waals surface area contributed by atoms with E-state index >= 15 is 0 Å². The van der Waals surface area contributed by atoms with Crippen LogP contribution in [0, 0.1) is 0 Å². The predicted octanol–water partition coefficient (Wildman–Crippen LogP) is 2.89. The van der Waals surface area contributed by atoms with E-state index in [1.54, 1.807) is 36.4 Å². The van der Waals surface area contributed by atoms with Crippen molar-refractivity contribution in [3.05, 3.63) is 47.0 Å². The summed E-state index contributed by atoms with van der Waals surface area (Å²) in [6.07, 6.45) is 1.44. The summed E-state index contributed by atoms with van der Waals surface area (Å²) in [7, 11) is 4.55. The van der Waals surface area contributed by atoms with Crippen LogP contribution in [-0.4, -0.2) is 40.1 Å². The zero-order valence-electron chi connectivity index (χ0n) is 14.6. The normalized spacial score (nSPS) is 10.5. The lowest BCUT2D eigenvalue weighted by atomic mass is 10.2. The van der Waals surface area contributed by atoms with Gasteiger partial charge in [-0.15, -0.1) is 0 Å². The highest BCUT2D eigenvalue weighted by molar-refractivity contribution is 6.32. The van der Waals surface area contributed by atoms with Crippen molar-refractivity contribution in [2.45, 2.75) is 0 Å². The minimum Gasteiger partial charge on any atom is -0.493 e. The van der Waals surface area contributed by atoms with Gasteiger partial charge >= 0.3 is 0 Å². The highest BCUT2D eigenvalue weighted by atomic mass is 35.5. The number of carbonyl (C=O) groups is 1. The lowest BCUT2D eigenvalue weighted by Crippen LogP contribution is -2.24. The van der Waals surface area contributed by atoms with Gasteiger partial charge in [0.15, 0.2) is 18.1 Å². The lowest BCUT2D eigenvalue weighted by molar-refractivity contribution is -0.123. The molecule has 0 unspecified atom stereocenters. The third kappa shape index (κ3) is 4.80. The fourth-order valence-corrected chi connectivity index (χ4v) is 2.33. The number of ether oxygens (including phenoxy) is 4. The van der Waals surface area contributed by atoms with Gasteiger partial charge in [-0.05, 0) is 24.3 Å². The van der Waals surface area contributed by atoms with Crippen LogP contribution in [0.1, 0.15) is 5.56 Å². The van der Waals surface area contributed by atoms with Crippen molar-refractivity contribution in [2.75, 3.05) is 27.9 Å². The van der Waals surface area contributed by atoms with Crippen molar-refractivity contribution in [3.8, 4) is 23.0 Å². The van der Waals surface area contributed by atoms with E-state index in [1.807, 2.05) is 0 Å². The van der Waals surface area contributed by atoms with Crippen LogP contribution in [0.4, 0.5) is 0 Å². The zero-order valence-corrected chi connectivity index (χ0v) is 15.4. The van der Waals surface area contributed by atoms with Crippen LogP contribution in [0.25, 0.3) is 0 Å². The van der Waals surface area contributed by atoms with Gasteiger partial charge in [0.1, 0.15) is 5.75 Å². The molecule has 0 fully saturated rings. The van der Waals surface area contributed by atoms with E-state index in [4.69, 9.17) is 30.5 Å². The van der Waals surface area contributed by atoms with Gasteiger partial charge in [0.05, 0.1) is 32.6 Å². The molecule has 2 aromatic rings. The van der Waals surface area contributed by atoms with Crippen LogP contribution in [0.5, 0.6) is 23.0 Å². The number of benzene rings is 2. The van der Waals surface area contributed by atoms with Gasteiger partial charge in [-0.3, -0.25) is 4.79 Å². The van der Waals surface area contributed by atoms with Crippen molar-refractivity contribution >= 4 is 23.7 Å². The molecule has 2 aromatic carbocycles. The standard InChI is InChI=1S/C18H19ClN2O5/c1-23-15-9-8-12(17(24-2)18(15)25-3)10-20-21-16(22)11-26-14-7-5-4-6-13(14)19/h4-10H,11H2,1-3H3,(H,21,22)/b20-10+. The molecule has 1 N–H and O–H groups in total. The number of hydrogen-bond acceptors (Lipinski definition) is 6. The molecule has 0 saturated heterocycles. The summed E-state index contributed by atoms with van der Waals surface area (Å²) in [4.78, 5) is 11.8. The molecule has 0 aliphatic heterocycles. The summed E-state index contributed by atoms with van der Waals surface area (Å²) >= 11 is 5.96. The molecule has 0 bridgehead atoms. The molecule has 0 atom stereocenters. The van der Waals surface area contributed by atoms with E-state index < -0.39 is 5.91 Å². The first kappa shape index (κ1) is 19.4. The monoisotopic (exact) mass is 378 g/mol. The fourth-order valence-electron chi connectivity index (χ4n) is 2.14. The van der Waals surface area contributed by atoms with Gasteiger partial charge in [-0.25, -0.2) is 5.43 Å². The quantitative estimate of drug-likeness (QED) is 0.564.